The number of rotatable bonds is 6. The highest BCUT2D eigenvalue weighted by Crippen LogP contribution is 2.33. The van der Waals surface area contributed by atoms with Gasteiger partial charge in [0.05, 0.1) is 21.0 Å². The van der Waals surface area contributed by atoms with Crippen LogP contribution in [0.3, 0.4) is 0 Å². The lowest BCUT2D eigenvalue weighted by atomic mass is 9.94. The number of aromatic nitrogens is 4. The molecule has 2 heterocycles. The molecule has 1 unspecified atom stereocenters. The predicted octanol–water partition coefficient (Wildman–Crippen LogP) is 5.91. The largest absolute Gasteiger partial charge is 0.342 e. The maximum absolute atomic E-state index is 13.2. The molecule has 1 atom stereocenters. The van der Waals surface area contributed by atoms with Gasteiger partial charge in [0.15, 0.2) is 11.0 Å². The molecule has 1 aliphatic carbocycles. The van der Waals surface area contributed by atoms with Crippen LogP contribution >= 0.6 is 35.0 Å². The molecule has 0 radical (unpaired) electrons. The van der Waals surface area contributed by atoms with Crippen molar-refractivity contribution >= 4 is 40.9 Å². The van der Waals surface area contributed by atoms with Crippen LogP contribution in [0.2, 0.25) is 10.0 Å². The zero-order valence-electron chi connectivity index (χ0n) is 18.0. The van der Waals surface area contributed by atoms with Gasteiger partial charge in [-0.3, -0.25) is 14.3 Å². The topological polar surface area (TPSA) is 63.9 Å². The summed E-state index contributed by atoms with van der Waals surface area (Å²) in [6.07, 6.45) is 9.22. The minimum absolute atomic E-state index is 0.105. The summed E-state index contributed by atoms with van der Waals surface area (Å²) in [7, 11) is 1.92. The summed E-state index contributed by atoms with van der Waals surface area (Å²) in [5, 5.41) is 10.0. The standard InChI is InChI=1S/C23H25Cl2N5OS/c1-15(22(31)29(2)17-8-4-3-5-9-17)32-23-28-27-21(16-7-6-12-26-14-16)30(23)18-10-11-19(24)20(25)13-18/h6-7,10-15,17H,3-5,8-9H2,1-2H3. The first-order valence-corrected chi connectivity index (χ1v) is 12.3. The second kappa shape index (κ2) is 10.2. The van der Waals surface area contributed by atoms with Crippen LogP contribution < -0.4 is 0 Å². The summed E-state index contributed by atoms with van der Waals surface area (Å²) in [6, 6.07) is 9.47. The Balaban J connectivity index is 1.65. The molecule has 2 aromatic heterocycles. The van der Waals surface area contributed by atoms with E-state index in [0.29, 0.717) is 27.1 Å². The quantitative estimate of drug-likeness (QED) is 0.402. The molecule has 1 saturated carbocycles. The summed E-state index contributed by atoms with van der Waals surface area (Å²) in [5.41, 5.74) is 1.59. The molecule has 32 heavy (non-hydrogen) atoms. The monoisotopic (exact) mass is 489 g/mol. The van der Waals surface area contributed by atoms with Crippen LogP contribution in [0.15, 0.2) is 47.9 Å². The zero-order valence-corrected chi connectivity index (χ0v) is 20.4. The average Bonchev–Trinajstić information content (AvgIpc) is 3.24. The highest BCUT2D eigenvalue weighted by atomic mass is 35.5. The van der Waals surface area contributed by atoms with Crippen molar-refractivity contribution in [3.05, 3.63) is 52.8 Å². The highest BCUT2D eigenvalue weighted by molar-refractivity contribution is 8.00. The second-order valence-electron chi connectivity index (χ2n) is 7.98. The molecule has 0 bridgehead atoms. The number of nitrogens with zero attached hydrogens (tertiary/aromatic N) is 5. The van der Waals surface area contributed by atoms with E-state index in [1.807, 2.05) is 41.6 Å². The predicted molar refractivity (Wildman–Crippen MR) is 130 cm³/mol. The van der Waals surface area contributed by atoms with Gasteiger partial charge in [0.1, 0.15) is 0 Å². The summed E-state index contributed by atoms with van der Waals surface area (Å²) < 4.78 is 1.90. The van der Waals surface area contributed by atoms with Crippen molar-refractivity contribution in [1.29, 1.82) is 0 Å². The fourth-order valence-electron chi connectivity index (χ4n) is 4.03. The maximum Gasteiger partial charge on any atom is 0.235 e. The molecule has 0 spiro atoms. The Morgan fingerprint density at radius 2 is 1.94 bits per heavy atom. The van der Waals surface area contributed by atoms with Gasteiger partial charge in [-0.1, -0.05) is 54.2 Å². The van der Waals surface area contributed by atoms with E-state index in [1.54, 1.807) is 24.5 Å². The summed E-state index contributed by atoms with van der Waals surface area (Å²) in [4.78, 5) is 19.3. The van der Waals surface area contributed by atoms with E-state index in [1.165, 1.54) is 31.0 Å². The van der Waals surface area contributed by atoms with Crippen LogP contribution in [0.4, 0.5) is 0 Å². The van der Waals surface area contributed by atoms with Crippen LogP contribution in [0, 0.1) is 0 Å². The van der Waals surface area contributed by atoms with Crippen molar-refractivity contribution < 1.29 is 4.79 Å². The summed E-state index contributed by atoms with van der Waals surface area (Å²) >= 11 is 13.8. The van der Waals surface area contributed by atoms with Crippen LogP contribution in [0.1, 0.15) is 39.0 Å². The van der Waals surface area contributed by atoms with Crippen LogP contribution in [-0.2, 0) is 4.79 Å². The molecule has 1 aromatic carbocycles. The van der Waals surface area contributed by atoms with Crippen molar-refractivity contribution in [3.63, 3.8) is 0 Å². The van der Waals surface area contributed by atoms with Crippen molar-refractivity contribution in [1.82, 2.24) is 24.6 Å². The van der Waals surface area contributed by atoms with E-state index in [4.69, 9.17) is 23.2 Å². The summed E-state index contributed by atoms with van der Waals surface area (Å²) in [5.74, 6) is 0.729. The smallest absolute Gasteiger partial charge is 0.235 e. The number of carbonyl (C=O) groups excluding carboxylic acids is 1. The van der Waals surface area contributed by atoms with Gasteiger partial charge in [-0.15, -0.1) is 10.2 Å². The minimum Gasteiger partial charge on any atom is -0.342 e. The highest BCUT2D eigenvalue weighted by Gasteiger charge is 2.28. The molecule has 9 heteroatoms. The molecular weight excluding hydrogens is 465 g/mol. The minimum atomic E-state index is -0.311. The van der Waals surface area contributed by atoms with Crippen molar-refractivity contribution in [3.8, 4) is 17.1 Å². The fourth-order valence-corrected chi connectivity index (χ4v) is 5.29. The van der Waals surface area contributed by atoms with Gasteiger partial charge >= 0.3 is 0 Å². The van der Waals surface area contributed by atoms with Gasteiger partial charge in [0, 0.05) is 31.0 Å². The average molecular weight is 490 g/mol. The number of carbonyl (C=O) groups is 1. The molecule has 0 aliphatic heterocycles. The number of hydrogen-bond acceptors (Lipinski definition) is 5. The van der Waals surface area contributed by atoms with Gasteiger partial charge in [0.25, 0.3) is 0 Å². The van der Waals surface area contributed by atoms with E-state index in [0.717, 1.165) is 24.1 Å². The van der Waals surface area contributed by atoms with Crippen LogP contribution in [-0.4, -0.2) is 48.9 Å². The van der Waals surface area contributed by atoms with E-state index >= 15 is 0 Å². The lowest BCUT2D eigenvalue weighted by molar-refractivity contribution is -0.131. The number of thioether (sulfide) groups is 1. The van der Waals surface area contributed by atoms with E-state index < -0.39 is 0 Å². The first-order valence-electron chi connectivity index (χ1n) is 10.7. The molecule has 0 N–H and O–H groups in total. The fraction of sp³-hybridized carbons (Fsp3) is 0.391. The zero-order chi connectivity index (χ0) is 22.7. The van der Waals surface area contributed by atoms with Crippen molar-refractivity contribution in [2.45, 2.75) is 55.5 Å². The SMILES string of the molecule is CC(Sc1nnc(-c2cccnc2)n1-c1ccc(Cl)c(Cl)c1)C(=O)N(C)C1CCCCC1. The van der Waals surface area contributed by atoms with Gasteiger partial charge in [-0.2, -0.15) is 0 Å². The van der Waals surface area contributed by atoms with Crippen LogP contribution in [0.25, 0.3) is 17.1 Å². The van der Waals surface area contributed by atoms with Gasteiger partial charge in [-0.05, 0) is 50.1 Å². The lowest BCUT2D eigenvalue weighted by Crippen LogP contribution is -2.42. The van der Waals surface area contributed by atoms with Gasteiger partial charge in [-0.25, -0.2) is 0 Å². The van der Waals surface area contributed by atoms with Crippen LogP contribution in [0.5, 0.6) is 0 Å². The molecule has 168 valence electrons. The number of benzene rings is 1. The number of halogens is 2. The van der Waals surface area contributed by atoms with Crippen molar-refractivity contribution in [2.75, 3.05) is 7.05 Å². The third-order valence-electron chi connectivity index (χ3n) is 5.81. The van der Waals surface area contributed by atoms with E-state index in [-0.39, 0.29) is 11.2 Å². The third kappa shape index (κ3) is 4.95. The summed E-state index contributed by atoms with van der Waals surface area (Å²) in [6.45, 7) is 1.92. The molecule has 1 amide bonds. The molecule has 6 nitrogen and oxygen atoms in total. The first kappa shape index (κ1) is 23.1. The molecule has 3 aromatic rings. The van der Waals surface area contributed by atoms with Crippen molar-refractivity contribution in [2.24, 2.45) is 0 Å². The first-order chi connectivity index (χ1) is 15.5. The Labute approximate surface area is 202 Å². The Bertz CT molecular complexity index is 1090. The van der Waals surface area contributed by atoms with Gasteiger partial charge < -0.3 is 4.90 Å². The Morgan fingerprint density at radius 3 is 2.62 bits per heavy atom. The maximum atomic E-state index is 13.2. The molecule has 0 saturated heterocycles. The molecule has 4 rings (SSSR count). The second-order valence-corrected chi connectivity index (χ2v) is 10.1. The normalized spacial score (nSPS) is 15.5. The third-order valence-corrected chi connectivity index (χ3v) is 7.58. The molecule has 1 aliphatic rings. The van der Waals surface area contributed by atoms with E-state index in [9.17, 15) is 4.79 Å². The molecule has 1 fully saturated rings. The Hall–Kier alpha value is -2.09. The number of amides is 1. The molecular formula is C23H25Cl2N5OS. The lowest BCUT2D eigenvalue weighted by Gasteiger charge is -2.32. The number of pyridine rings is 1. The Morgan fingerprint density at radius 1 is 1.16 bits per heavy atom. The Kier molecular flexibility index (Phi) is 7.38. The van der Waals surface area contributed by atoms with Gasteiger partial charge in [0.2, 0.25) is 5.91 Å². The van der Waals surface area contributed by atoms with E-state index in [2.05, 4.69) is 15.2 Å². The number of hydrogen-bond donors (Lipinski definition) is 0.